The molecule has 10 heteroatoms. The van der Waals surface area contributed by atoms with E-state index < -0.39 is 28.4 Å². The van der Waals surface area contributed by atoms with Gasteiger partial charge in [0.05, 0.1) is 31.3 Å². The topological polar surface area (TPSA) is 108 Å². The van der Waals surface area contributed by atoms with Gasteiger partial charge in [0, 0.05) is 17.8 Å². The van der Waals surface area contributed by atoms with E-state index in [0.717, 1.165) is 26.4 Å². The van der Waals surface area contributed by atoms with Gasteiger partial charge in [-0.2, -0.15) is 4.39 Å². The van der Waals surface area contributed by atoms with Crippen molar-refractivity contribution in [2.24, 2.45) is 0 Å². The fourth-order valence-corrected chi connectivity index (χ4v) is 2.42. The molecule has 1 aliphatic heterocycles. The first-order valence-corrected chi connectivity index (χ1v) is 7.01. The first kappa shape index (κ1) is 18.3. The number of halogens is 1. The molecule has 0 aromatic heterocycles. The number of nitro groups is 1. The normalized spacial score (nSPS) is 14.3. The minimum atomic E-state index is -1.08. The molecular weight excluding hydrogens is 339 g/mol. The Hall–Kier alpha value is -3.01. The maximum atomic E-state index is 14.0. The van der Waals surface area contributed by atoms with Crippen LogP contribution in [0.2, 0.25) is 0 Å². The van der Waals surface area contributed by atoms with Gasteiger partial charge in [0.15, 0.2) is 0 Å². The quantitative estimate of drug-likeness (QED) is 0.454. The monoisotopic (exact) mass is 354 g/mol. The molecule has 0 spiro atoms. The molecule has 0 N–H and O–H groups in total. The molecule has 2 rings (SSSR count). The summed E-state index contributed by atoms with van der Waals surface area (Å²) in [4.78, 5) is 35.3. The first-order chi connectivity index (χ1) is 11.8. The average molecular weight is 354 g/mol. The van der Waals surface area contributed by atoms with Gasteiger partial charge in [0.1, 0.15) is 12.4 Å². The third kappa shape index (κ3) is 3.43. The number of carbonyl (C=O) groups is 2. The minimum absolute atomic E-state index is 0.0984. The van der Waals surface area contributed by atoms with Crippen LogP contribution in [0.5, 0.6) is 0 Å². The Balaban J connectivity index is 2.64. The van der Waals surface area contributed by atoms with Crippen molar-refractivity contribution < 1.29 is 33.1 Å². The molecule has 0 saturated carbocycles. The van der Waals surface area contributed by atoms with Crippen molar-refractivity contribution in [3.05, 3.63) is 44.9 Å². The molecular formula is C15H15FN2O7. The van der Waals surface area contributed by atoms with Crippen molar-refractivity contribution in [2.45, 2.75) is 6.92 Å². The maximum absolute atomic E-state index is 14.0. The SMILES string of the molecule is COC(=O)C1=C(C(=O)OC)N(c2cc(F)c([N+](=O)[O-])cc2C)COC1. The highest BCUT2D eigenvalue weighted by atomic mass is 19.1. The average Bonchev–Trinajstić information content (AvgIpc) is 2.61. The Morgan fingerprint density at radius 1 is 1.28 bits per heavy atom. The summed E-state index contributed by atoms with van der Waals surface area (Å²) >= 11 is 0. The Labute approximate surface area is 141 Å². The standard InChI is InChI=1S/C15H15FN2O7/c1-8-4-12(18(21)22)10(16)5-11(8)17-7-25-6-9(14(19)23-2)13(17)15(20)24-3/h4-5H,6-7H2,1-3H3. The van der Waals surface area contributed by atoms with E-state index >= 15 is 0 Å². The van der Waals surface area contributed by atoms with Crippen molar-refractivity contribution >= 4 is 23.3 Å². The van der Waals surface area contributed by atoms with Gasteiger partial charge in [-0.15, -0.1) is 0 Å². The van der Waals surface area contributed by atoms with E-state index in [4.69, 9.17) is 9.47 Å². The van der Waals surface area contributed by atoms with E-state index in [9.17, 15) is 24.1 Å². The van der Waals surface area contributed by atoms with Crippen molar-refractivity contribution in [1.29, 1.82) is 0 Å². The molecule has 0 bridgehead atoms. The molecule has 0 aliphatic carbocycles. The van der Waals surface area contributed by atoms with Gasteiger partial charge in [-0.1, -0.05) is 0 Å². The van der Waals surface area contributed by atoms with Gasteiger partial charge in [-0.3, -0.25) is 10.1 Å². The summed E-state index contributed by atoms with van der Waals surface area (Å²) in [5, 5.41) is 10.8. The summed E-state index contributed by atoms with van der Waals surface area (Å²) in [5.41, 5.74) is -0.527. The number of anilines is 1. The molecule has 1 heterocycles. The van der Waals surface area contributed by atoms with Gasteiger partial charge in [-0.05, 0) is 12.5 Å². The molecule has 1 aromatic carbocycles. The summed E-state index contributed by atoms with van der Waals surface area (Å²) in [6, 6.07) is 1.94. The lowest BCUT2D eigenvalue weighted by molar-refractivity contribution is -0.387. The van der Waals surface area contributed by atoms with Crippen molar-refractivity contribution in [3.8, 4) is 0 Å². The third-order valence-electron chi connectivity index (χ3n) is 3.59. The number of esters is 2. The van der Waals surface area contributed by atoms with Crippen LogP contribution >= 0.6 is 0 Å². The minimum Gasteiger partial charge on any atom is -0.466 e. The van der Waals surface area contributed by atoms with Crippen LogP contribution in [-0.4, -0.2) is 44.4 Å². The van der Waals surface area contributed by atoms with Crippen LogP contribution in [-0.2, 0) is 23.8 Å². The first-order valence-electron chi connectivity index (χ1n) is 7.01. The molecule has 25 heavy (non-hydrogen) atoms. The molecule has 0 amide bonds. The fraction of sp³-hybridized carbons (Fsp3) is 0.333. The van der Waals surface area contributed by atoms with Gasteiger partial charge >= 0.3 is 17.6 Å². The highest BCUT2D eigenvalue weighted by molar-refractivity contribution is 6.03. The number of nitrogens with zero attached hydrogens (tertiary/aromatic N) is 2. The summed E-state index contributed by atoms with van der Waals surface area (Å²) in [6.45, 7) is 1.13. The predicted molar refractivity (Wildman–Crippen MR) is 82.1 cm³/mol. The van der Waals surface area contributed by atoms with Crippen LogP contribution in [0, 0.1) is 22.9 Å². The second kappa shape index (κ2) is 7.26. The van der Waals surface area contributed by atoms with E-state index in [1.807, 2.05) is 0 Å². The number of ether oxygens (including phenoxy) is 3. The zero-order valence-corrected chi connectivity index (χ0v) is 13.7. The summed E-state index contributed by atoms with van der Waals surface area (Å²) in [7, 11) is 2.27. The van der Waals surface area contributed by atoms with E-state index in [-0.39, 0.29) is 30.3 Å². The second-order valence-electron chi connectivity index (χ2n) is 5.06. The smallest absolute Gasteiger partial charge is 0.355 e. The zero-order chi connectivity index (χ0) is 18.7. The Morgan fingerprint density at radius 2 is 1.92 bits per heavy atom. The number of aryl methyl sites for hydroxylation is 1. The molecule has 9 nitrogen and oxygen atoms in total. The molecule has 0 fully saturated rings. The van der Waals surface area contributed by atoms with Crippen LogP contribution in [0.4, 0.5) is 15.8 Å². The number of carbonyl (C=O) groups excluding carboxylic acids is 2. The van der Waals surface area contributed by atoms with Crippen LogP contribution < -0.4 is 4.90 Å². The number of hydrogen-bond donors (Lipinski definition) is 0. The fourth-order valence-electron chi connectivity index (χ4n) is 2.42. The highest BCUT2D eigenvalue weighted by Gasteiger charge is 2.34. The molecule has 0 saturated heterocycles. The van der Waals surface area contributed by atoms with Crippen LogP contribution in [0.1, 0.15) is 5.56 Å². The number of hydrogen-bond acceptors (Lipinski definition) is 8. The molecule has 0 radical (unpaired) electrons. The van der Waals surface area contributed by atoms with E-state index in [2.05, 4.69) is 4.74 Å². The van der Waals surface area contributed by atoms with Gasteiger partial charge in [0.25, 0.3) is 0 Å². The Kier molecular flexibility index (Phi) is 5.32. The van der Waals surface area contributed by atoms with Crippen LogP contribution in [0.3, 0.4) is 0 Å². The zero-order valence-electron chi connectivity index (χ0n) is 13.7. The van der Waals surface area contributed by atoms with Crippen molar-refractivity contribution in [1.82, 2.24) is 0 Å². The molecule has 0 unspecified atom stereocenters. The van der Waals surface area contributed by atoms with Crippen molar-refractivity contribution in [3.63, 3.8) is 0 Å². The number of rotatable bonds is 4. The number of benzene rings is 1. The molecule has 0 atom stereocenters. The maximum Gasteiger partial charge on any atom is 0.355 e. The summed E-state index contributed by atoms with van der Waals surface area (Å²) in [5.74, 6) is -2.73. The predicted octanol–water partition coefficient (Wildman–Crippen LogP) is 1.44. The number of nitro benzene ring substituents is 1. The van der Waals surface area contributed by atoms with Crippen LogP contribution in [0.15, 0.2) is 23.4 Å². The lowest BCUT2D eigenvalue weighted by atomic mass is 10.1. The van der Waals surface area contributed by atoms with Crippen LogP contribution in [0.25, 0.3) is 0 Å². The van der Waals surface area contributed by atoms with Gasteiger partial charge < -0.3 is 19.1 Å². The second-order valence-corrected chi connectivity index (χ2v) is 5.06. The lowest BCUT2D eigenvalue weighted by Gasteiger charge is -2.32. The Bertz CT molecular complexity index is 775. The lowest BCUT2D eigenvalue weighted by Crippen LogP contribution is -2.39. The van der Waals surface area contributed by atoms with Gasteiger partial charge in [0.2, 0.25) is 5.82 Å². The molecule has 1 aliphatic rings. The van der Waals surface area contributed by atoms with Crippen molar-refractivity contribution in [2.75, 3.05) is 32.5 Å². The Morgan fingerprint density at radius 3 is 2.48 bits per heavy atom. The largest absolute Gasteiger partial charge is 0.466 e. The number of methoxy groups -OCH3 is 2. The highest BCUT2D eigenvalue weighted by Crippen LogP contribution is 2.33. The van der Waals surface area contributed by atoms with E-state index in [1.54, 1.807) is 0 Å². The van der Waals surface area contributed by atoms with E-state index in [1.165, 1.54) is 11.8 Å². The molecule has 134 valence electrons. The summed E-state index contributed by atoms with van der Waals surface area (Å²) in [6.07, 6.45) is 0. The summed E-state index contributed by atoms with van der Waals surface area (Å²) < 4.78 is 28.6. The van der Waals surface area contributed by atoms with E-state index in [0.29, 0.717) is 5.56 Å². The van der Waals surface area contributed by atoms with Gasteiger partial charge in [-0.25, -0.2) is 9.59 Å². The molecule has 1 aromatic rings. The third-order valence-corrected chi connectivity index (χ3v) is 3.59.